The van der Waals surface area contributed by atoms with Gasteiger partial charge in [-0.2, -0.15) is 0 Å². The van der Waals surface area contributed by atoms with Gasteiger partial charge in [-0.15, -0.1) is 0 Å². The van der Waals surface area contributed by atoms with E-state index < -0.39 is 9.84 Å². The molecule has 1 aromatic carbocycles. The fraction of sp³-hybridized carbons (Fsp3) is 0.353. The van der Waals surface area contributed by atoms with Gasteiger partial charge in [0.15, 0.2) is 9.84 Å². The Morgan fingerprint density at radius 3 is 2.68 bits per heavy atom. The van der Waals surface area contributed by atoms with Crippen LogP contribution in [0.15, 0.2) is 36.4 Å². The number of nitrogens with one attached hydrogen (secondary N) is 2. The van der Waals surface area contributed by atoms with Gasteiger partial charge in [-0.1, -0.05) is 30.3 Å². The van der Waals surface area contributed by atoms with Crippen LogP contribution in [-0.4, -0.2) is 41.8 Å². The molecule has 1 aliphatic rings. The first-order valence-electron chi connectivity index (χ1n) is 8.06. The molecule has 7 nitrogen and oxygen atoms in total. The molecule has 0 bridgehead atoms. The number of carbonyl (C=O) groups excluding carboxylic acids is 1. The zero-order valence-corrected chi connectivity index (χ0v) is 14.7. The predicted octanol–water partition coefficient (Wildman–Crippen LogP) is 1.31. The molecule has 132 valence electrons. The van der Waals surface area contributed by atoms with Crippen LogP contribution in [0.25, 0.3) is 0 Å². The second kappa shape index (κ2) is 7.18. The van der Waals surface area contributed by atoms with Crippen LogP contribution >= 0.6 is 0 Å². The van der Waals surface area contributed by atoms with E-state index in [0.717, 1.165) is 5.56 Å². The Labute approximate surface area is 146 Å². The van der Waals surface area contributed by atoms with Gasteiger partial charge in [0.2, 0.25) is 5.95 Å². The number of hydrogen-bond acceptors (Lipinski definition) is 6. The minimum absolute atomic E-state index is 0.0693. The zero-order valence-electron chi connectivity index (χ0n) is 13.9. The molecule has 0 saturated carbocycles. The third-order valence-electron chi connectivity index (χ3n) is 3.95. The van der Waals surface area contributed by atoms with Crippen molar-refractivity contribution in [3.05, 3.63) is 53.3 Å². The highest BCUT2D eigenvalue weighted by Gasteiger charge is 2.28. The molecule has 2 N–H and O–H groups in total. The Kier molecular flexibility index (Phi) is 4.98. The standard InChI is InChI=1S/C17H20N4O3S/c1-12-9-15(16(22)18-10-13-5-3-2-4-6-13)21-17(19-12)20-14-7-8-25(23,24)11-14/h2-6,9,14H,7-8,10-11H2,1H3,(H,18,22)(H,19,20,21). The number of anilines is 1. The van der Waals surface area contributed by atoms with Gasteiger partial charge >= 0.3 is 0 Å². The van der Waals surface area contributed by atoms with Crippen LogP contribution in [0.2, 0.25) is 0 Å². The number of carbonyl (C=O) groups is 1. The van der Waals surface area contributed by atoms with Crippen molar-refractivity contribution in [1.29, 1.82) is 0 Å². The second-order valence-corrected chi connectivity index (χ2v) is 8.36. The van der Waals surface area contributed by atoms with Crippen molar-refractivity contribution < 1.29 is 13.2 Å². The monoisotopic (exact) mass is 360 g/mol. The lowest BCUT2D eigenvalue weighted by molar-refractivity contribution is 0.0945. The number of rotatable bonds is 5. The van der Waals surface area contributed by atoms with E-state index in [0.29, 0.717) is 18.7 Å². The average molecular weight is 360 g/mol. The summed E-state index contributed by atoms with van der Waals surface area (Å²) < 4.78 is 23.1. The summed E-state index contributed by atoms with van der Waals surface area (Å²) in [6.07, 6.45) is 0.523. The van der Waals surface area contributed by atoms with Crippen molar-refractivity contribution in [2.75, 3.05) is 16.8 Å². The smallest absolute Gasteiger partial charge is 0.270 e. The van der Waals surface area contributed by atoms with Gasteiger partial charge in [-0.05, 0) is 25.0 Å². The molecule has 1 fully saturated rings. The lowest BCUT2D eigenvalue weighted by Crippen LogP contribution is -2.26. The van der Waals surface area contributed by atoms with Gasteiger partial charge < -0.3 is 10.6 Å². The minimum atomic E-state index is -2.99. The molecule has 25 heavy (non-hydrogen) atoms. The molecule has 0 radical (unpaired) electrons. The minimum Gasteiger partial charge on any atom is -0.350 e. The third kappa shape index (κ3) is 4.76. The van der Waals surface area contributed by atoms with Crippen molar-refractivity contribution in [1.82, 2.24) is 15.3 Å². The van der Waals surface area contributed by atoms with Gasteiger partial charge in [0.1, 0.15) is 5.69 Å². The van der Waals surface area contributed by atoms with Crippen LogP contribution in [0.5, 0.6) is 0 Å². The molecule has 1 atom stereocenters. The first-order chi connectivity index (χ1) is 11.9. The van der Waals surface area contributed by atoms with E-state index >= 15 is 0 Å². The Morgan fingerprint density at radius 2 is 2.00 bits per heavy atom. The number of aryl methyl sites for hydroxylation is 1. The molecular weight excluding hydrogens is 340 g/mol. The van der Waals surface area contributed by atoms with Crippen molar-refractivity contribution in [3.8, 4) is 0 Å². The fourth-order valence-electron chi connectivity index (χ4n) is 2.71. The highest BCUT2D eigenvalue weighted by molar-refractivity contribution is 7.91. The van der Waals surface area contributed by atoms with Gasteiger partial charge in [-0.25, -0.2) is 18.4 Å². The van der Waals surface area contributed by atoms with Crippen LogP contribution < -0.4 is 10.6 Å². The summed E-state index contributed by atoms with van der Waals surface area (Å²) in [6, 6.07) is 11.0. The summed E-state index contributed by atoms with van der Waals surface area (Å²) in [5, 5.41) is 5.85. The highest BCUT2D eigenvalue weighted by atomic mass is 32.2. The van der Waals surface area contributed by atoms with E-state index in [1.54, 1.807) is 13.0 Å². The van der Waals surface area contributed by atoms with E-state index in [1.807, 2.05) is 30.3 Å². The van der Waals surface area contributed by atoms with Crippen LogP contribution in [0.1, 0.15) is 28.2 Å². The largest absolute Gasteiger partial charge is 0.350 e. The van der Waals surface area contributed by atoms with Crippen LogP contribution in [0, 0.1) is 6.92 Å². The fourth-order valence-corrected chi connectivity index (χ4v) is 4.38. The van der Waals surface area contributed by atoms with Gasteiger partial charge in [0.05, 0.1) is 11.5 Å². The summed E-state index contributed by atoms with van der Waals surface area (Å²) in [7, 11) is -2.99. The third-order valence-corrected chi connectivity index (χ3v) is 5.72. The highest BCUT2D eigenvalue weighted by Crippen LogP contribution is 2.16. The van der Waals surface area contributed by atoms with E-state index in [9.17, 15) is 13.2 Å². The van der Waals surface area contributed by atoms with E-state index in [-0.39, 0.29) is 35.1 Å². The topological polar surface area (TPSA) is 101 Å². The summed E-state index contributed by atoms with van der Waals surface area (Å²) in [5.41, 5.74) is 1.89. The molecule has 3 rings (SSSR count). The maximum atomic E-state index is 12.3. The number of aromatic nitrogens is 2. The van der Waals surface area contributed by atoms with Gasteiger partial charge in [-0.3, -0.25) is 4.79 Å². The number of benzene rings is 1. The first kappa shape index (κ1) is 17.3. The summed E-state index contributed by atoms with van der Waals surface area (Å²) >= 11 is 0. The second-order valence-electron chi connectivity index (χ2n) is 6.13. The number of sulfone groups is 1. The Hall–Kier alpha value is -2.48. The molecule has 0 spiro atoms. The Morgan fingerprint density at radius 1 is 1.24 bits per heavy atom. The quantitative estimate of drug-likeness (QED) is 0.834. The number of nitrogens with zero attached hydrogens (tertiary/aromatic N) is 2. The van der Waals surface area contributed by atoms with Crippen LogP contribution in [0.4, 0.5) is 5.95 Å². The zero-order chi connectivity index (χ0) is 17.9. The SMILES string of the molecule is Cc1cc(C(=O)NCc2ccccc2)nc(NC2CCS(=O)(=O)C2)n1. The van der Waals surface area contributed by atoms with E-state index in [1.165, 1.54) is 0 Å². The van der Waals surface area contributed by atoms with Crippen molar-refractivity contribution >= 4 is 21.7 Å². The Bertz CT molecular complexity index is 869. The van der Waals surface area contributed by atoms with E-state index in [2.05, 4.69) is 20.6 Å². The van der Waals surface area contributed by atoms with Crippen molar-refractivity contribution in [3.63, 3.8) is 0 Å². The Balaban J connectivity index is 1.67. The summed E-state index contributed by atoms with van der Waals surface area (Å²) in [4.78, 5) is 20.8. The summed E-state index contributed by atoms with van der Waals surface area (Å²) in [6.45, 7) is 2.18. The maximum Gasteiger partial charge on any atom is 0.270 e. The first-order valence-corrected chi connectivity index (χ1v) is 9.88. The molecule has 0 aliphatic carbocycles. The van der Waals surface area contributed by atoms with Gasteiger partial charge in [0.25, 0.3) is 5.91 Å². The number of hydrogen-bond donors (Lipinski definition) is 2. The summed E-state index contributed by atoms with van der Waals surface area (Å²) in [5.74, 6) is 0.226. The lowest BCUT2D eigenvalue weighted by atomic mass is 10.2. The molecule has 1 unspecified atom stereocenters. The van der Waals surface area contributed by atoms with E-state index in [4.69, 9.17) is 0 Å². The van der Waals surface area contributed by atoms with Crippen LogP contribution in [0.3, 0.4) is 0 Å². The normalized spacial score (nSPS) is 18.7. The molecule has 8 heteroatoms. The predicted molar refractivity (Wildman–Crippen MR) is 95.1 cm³/mol. The van der Waals surface area contributed by atoms with Crippen LogP contribution in [-0.2, 0) is 16.4 Å². The molecule has 1 amide bonds. The lowest BCUT2D eigenvalue weighted by Gasteiger charge is -2.12. The molecule has 1 aliphatic heterocycles. The molecule has 2 aromatic rings. The molecular formula is C17H20N4O3S. The number of amides is 1. The molecule has 1 saturated heterocycles. The average Bonchev–Trinajstić information content (AvgIpc) is 2.91. The van der Waals surface area contributed by atoms with Gasteiger partial charge in [0, 0.05) is 18.3 Å². The molecule has 2 heterocycles. The maximum absolute atomic E-state index is 12.3. The molecule has 1 aromatic heterocycles. The van der Waals surface area contributed by atoms with Crippen molar-refractivity contribution in [2.24, 2.45) is 0 Å². The van der Waals surface area contributed by atoms with Crippen molar-refractivity contribution in [2.45, 2.75) is 25.9 Å².